The van der Waals surface area contributed by atoms with E-state index in [-0.39, 0.29) is 5.92 Å². The summed E-state index contributed by atoms with van der Waals surface area (Å²) < 4.78 is 24.2. The predicted molar refractivity (Wildman–Crippen MR) is 110 cm³/mol. The summed E-state index contributed by atoms with van der Waals surface area (Å²) in [5.41, 5.74) is 2.37. The van der Waals surface area contributed by atoms with E-state index in [4.69, 9.17) is 18.9 Å². The molecule has 1 aliphatic rings. The van der Waals surface area contributed by atoms with Crippen molar-refractivity contribution in [1.82, 2.24) is 0 Å². The number of hydrogen-bond acceptors (Lipinski definition) is 4. The molecule has 152 valence electrons. The highest BCUT2D eigenvalue weighted by atomic mass is 16.7. The van der Waals surface area contributed by atoms with Gasteiger partial charge in [0.15, 0.2) is 5.79 Å². The summed E-state index contributed by atoms with van der Waals surface area (Å²) in [6, 6.07) is 20.5. The first-order chi connectivity index (χ1) is 13.8. The number of ether oxygens (including phenoxy) is 4. The molecule has 0 radical (unpaired) electrons. The minimum Gasteiger partial charge on any atom is -0.376 e. The Morgan fingerprint density at radius 1 is 0.750 bits per heavy atom. The average molecular weight is 385 g/mol. The summed E-state index contributed by atoms with van der Waals surface area (Å²) >= 11 is 0. The molecule has 0 amide bonds. The molecule has 0 aliphatic heterocycles. The van der Waals surface area contributed by atoms with Crippen LogP contribution in [0.2, 0.25) is 0 Å². The van der Waals surface area contributed by atoms with Gasteiger partial charge in [0, 0.05) is 25.6 Å². The lowest BCUT2D eigenvalue weighted by atomic mass is 9.68. The van der Waals surface area contributed by atoms with E-state index in [1.54, 1.807) is 0 Å². The van der Waals surface area contributed by atoms with E-state index in [0.717, 1.165) is 6.42 Å². The summed E-state index contributed by atoms with van der Waals surface area (Å²) in [5, 5.41) is 0. The molecule has 0 N–H and O–H groups in total. The Morgan fingerprint density at radius 3 is 1.75 bits per heavy atom. The van der Waals surface area contributed by atoms with E-state index in [1.807, 2.05) is 50.2 Å². The Kier molecular flexibility index (Phi) is 8.04. The van der Waals surface area contributed by atoms with Gasteiger partial charge in [-0.3, -0.25) is 0 Å². The maximum Gasteiger partial charge on any atom is 0.173 e. The first-order valence-electron chi connectivity index (χ1n) is 10.3. The van der Waals surface area contributed by atoms with Crippen LogP contribution in [0.4, 0.5) is 0 Å². The van der Waals surface area contributed by atoms with Crippen LogP contribution in [0.1, 0.15) is 31.4 Å². The Labute approximate surface area is 168 Å². The molecule has 4 nitrogen and oxygen atoms in total. The first-order valence-corrected chi connectivity index (χ1v) is 10.3. The molecule has 0 heterocycles. The fraction of sp³-hybridized carbons (Fsp3) is 0.500. The van der Waals surface area contributed by atoms with Crippen molar-refractivity contribution < 1.29 is 18.9 Å². The van der Waals surface area contributed by atoms with Gasteiger partial charge < -0.3 is 18.9 Å². The van der Waals surface area contributed by atoms with Crippen molar-refractivity contribution in [2.45, 2.75) is 39.3 Å². The molecular weight excluding hydrogens is 352 g/mol. The SMILES string of the molecule is CCOC1(OCC)CC(COCc2ccccc2)C1COCc1ccccc1. The minimum atomic E-state index is -0.541. The first kappa shape index (κ1) is 21.0. The van der Waals surface area contributed by atoms with Crippen molar-refractivity contribution in [2.75, 3.05) is 26.4 Å². The molecule has 1 fully saturated rings. The summed E-state index contributed by atoms with van der Waals surface area (Å²) in [4.78, 5) is 0. The maximum absolute atomic E-state index is 6.06. The maximum atomic E-state index is 6.06. The van der Waals surface area contributed by atoms with Crippen molar-refractivity contribution in [3.8, 4) is 0 Å². The van der Waals surface area contributed by atoms with Crippen molar-refractivity contribution >= 4 is 0 Å². The highest BCUT2D eigenvalue weighted by Gasteiger charge is 2.56. The molecule has 1 aliphatic carbocycles. The number of hydrogen-bond donors (Lipinski definition) is 0. The molecule has 2 atom stereocenters. The van der Waals surface area contributed by atoms with Crippen molar-refractivity contribution in [3.63, 3.8) is 0 Å². The lowest BCUT2D eigenvalue weighted by Crippen LogP contribution is -2.60. The summed E-state index contributed by atoms with van der Waals surface area (Å²) in [6.45, 7) is 7.82. The van der Waals surface area contributed by atoms with E-state index in [9.17, 15) is 0 Å². The molecule has 1 saturated carbocycles. The Bertz CT molecular complexity index is 668. The van der Waals surface area contributed by atoms with Crippen molar-refractivity contribution in [1.29, 1.82) is 0 Å². The van der Waals surface area contributed by atoms with Crippen LogP contribution in [0.25, 0.3) is 0 Å². The van der Waals surface area contributed by atoms with Gasteiger partial charge in [-0.15, -0.1) is 0 Å². The van der Waals surface area contributed by atoms with E-state index < -0.39 is 5.79 Å². The smallest absolute Gasteiger partial charge is 0.173 e. The predicted octanol–water partition coefficient (Wildman–Crippen LogP) is 4.83. The van der Waals surface area contributed by atoms with E-state index in [2.05, 4.69) is 24.3 Å². The molecule has 28 heavy (non-hydrogen) atoms. The van der Waals surface area contributed by atoms with Crippen LogP contribution in [-0.4, -0.2) is 32.2 Å². The fourth-order valence-corrected chi connectivity index (χ4v) is 3.94. The summed E-state index contributed by atoms with van der Waals surface area (Å²) in [6.07, 6.45) is 0.850. The second kappa shape index (κ2) is 10.7. The average Bonchev–Trinajstić information content (AvgIpc) is 2.72. The zero-order chi connectivity index (χ0) is 19.7. The van der Waals surface area contributed by atoms with Crippen LogP contribution >= 0.6 is 0 Å². The largest absolute Gasteiger partial charge is 0.376 e. The van der Waals surface area contributed by atoms with Gasteiger partial charge in [0.2, 0.25) is 0 Å². The van der Waals surface area contributed by atoms with Crippen LogP contribution in [-0.2, 0) is 32.2 Å². The van der Waals surface area contributed by atoms with Crippen molar-refractivity contribution in [3.05, 3.63) is 71.8 Å². The highest BCUT2D eigenvalue weighted by molar-refractivity contribution is 5.14. The lowest BCUT2D eigenvalue weighted by molar-refractivity contribution is -0.341. The van der Waals surface area contributed by atoms with Gasteiger partial charge in [0.05, 0.1) is 26.4 Å². The molecule has 0 spiro atoms. The molecule has 2 aromatic carbocycles. The van der Waals surface area contributed by atoms with Crippen LogP contribution in [0, 0.1) is 11.8 Å². The van der Waals surface area contributed by atoms with Gasteiger partial charge in [-0.25, -0.2) is 0 Å². The molecule has 4 heteroatoms. The Hall–Kier alpha value is -1.72. The normalized spacial score (nSPS) is 20.6. The fourth-order valence-electron chi connectivity index (χ4n) is 3.94. The monoisotopic (exact) mass is 384 g/mol. The van der Waals surface area contributed by atoms with E-state index >= 15 is 0 Å². The minimum absolute atomic E-state index is 0.173. The topological polar surface area (TPSA) is 36.9 Å². The quantitative estimate of drug-likeness (QED) is 0.492. The molecule has 2 unspecified atom stereocenters. The Balaban J connectivity index is 1.55. The van der Waals surface area contributed by atoms with Gasteiger partial charge in [-0.05, 0) is 30.9 Å². The third kappa shape index (κ3) is 5.42. The van der Waals surface area contributed by atoms with Gasteiger partial charge in [0.25, 0.3) is 0 Å². The van der Waals surface area contributed by atoms with Gasteiger partial charge in [0.1, 0.15) is 0 Å². The van der Waals surface area contributed by atoms with Crippen LogP contribution in [0.3, 0.4) is 0 Å². The molecular formula is C24H32O4. The number of rotatable bonds is 12. The van der Waals surface area contributed by atoms with E-state index in [0.29, 0.717) is 45.6 Å². The third-order valence-corrected chi connectivity index (χ3v) is 5.31. The second-order valence-corrected chi connectivity index (χ2v) is 7.25. The van der Waals surface area contributed by atoms with Crippen LogP contribution < -0.4 is 0 Å². The summed E-state index contributed by atoms with van der Waals surface area (Å²) in [5.74, 6) is 0.00509. The zero-order valence-corrected chi connectivity index (χ0v) is 17.0. The van der Waals surface area contributed by atoms with Gasteiger partial charge in [-0.1, -0.05) is 60.7 Å². The standard InChI is InChI=1S/C24H32O4/c1-3-27-24(28-4-2)15-22(18-25-16-20-11-7-5-8-12-20)23(24)19-26-17-21-13-9-6-10-14-21/h5-14,22-23H,3-4,15-19H2,1-2H3. The molecule has 0 aromatic heterocycles. The van der Waals surface area contributed by atoms with Crippen LogP contribution in [0.5, 0.6) is 0 Å². The number of benzene rings is 2. The molecule has 0 saturated heterocycles. The van der Waals surface area contributed by atoms with Crippen molar-refractivity contribution in [2.24, 2.45) is 11.8 Å². The van der Waals surface area contributed by atoms with Gasteiger partial charge in [-0.2, -0.15) is 0 Å². The zero-order valence-electron chi connectivity index (χ0n) is 17.0. The molecule has 0 bridgehead atoms. The van der Waals surface area contributed by atoms with E-state index in [1.165, 1.54) is 11.1 Å². The second-order valence-electron chi connectivity index (χ2n) is 7.25. The Morgan fingerprint density at radius 2 is 1.25 bits per heavy atom. The third-order valence-electron chi connectivity index (χ3n) is 5.31. The molecule has 2 aromatic rings. The summed E-state index contributed by atoms with van der Waals surface area (Å²) in [7, 11) is 0. The highest BCUT2D eigenvalue weighted by Crippen LogP contribution is 2.48. The van der Waals surface area contributed by atoms with Crippen LogP contribution in [0.15, 0.2) is 60.7 Å². The lowest BCUT2D eigenvalue weighted by Gasteiger charge is -2.53. The van der Waals surface area contributed by atoms with Gasteiger partial charge >= 0.3 is 0 Å². The molecule has 3 rings (SSSR count).